The van der Waals surface area contributed by atoms with E-state index in [9.17, 15) is 14.0 Å². The second-order valence-corrected chi connectivity index (χ2v) is 10.4. The predicted molar refractivity (Wildman–Crippen MR) is 157 cm³/mol. The zero-order chi connectivity index (χ0) is 28.6. The fourth-order valence-electron chi connectivity index (χ4n) is 5.20. The minimum absolute atomic E-state index is 0.0644. The van der Waals surface area contributed by atoms with Gasteiger partial charge < -0.3 is 15.5 Å². The summed E-state index contributed by atoms with van der Waals surface area (Å²) >= 11 is 6.76. The highest BCUT2D eigenvalue weighted by Gasteiger charge is 2.28. The summed E-state index contributed by atoms with van der Waals surface area (Å²) in [6.07, 6.45) is 1.30. The summed E-state index contributed by atoms with van der Waals surface area (Å²) in [4.78, 5) is 38.5. The van der Waals surface area contributed by atoms with Crippen LogP contribution in [-0.2, 0) is 4.79 Å². The fourth-order valence-corrected chi connectivity index (χ4v) is 5.45. The molecule has 0 unspecified atom stereocenters. The quantitative estimate of drug-likeness (QED) is 0.302. The Balaban J connectivity index is 1.82. The molecule has 0 radical (unpaired) electrons. The molecule has 204 valence electrons. The van der Waals surface area contributed by atoms with Crippen LogP contribution in [0.25, 0.3) is 33.3 Å². The lowest BCUT2D eigenvalue weighted by Gasteiger charge is -2.35. The number of nitrogens with two attached hydrogens (primary N) is 1. The highest BCUT2D eigenvalue weighted by molar-refractivity contribution is 6.34. The van der Waals surface area contributed by atoms with Crippen molar-refractivity contribution in [1.82, 2.24) is 14.9 Å². The predicted octanol–water partition coefficient (Wildman–Crippen LogP) is 5.81. The lowest BCUT2D eigenvalue weighted by molar-refractivity contribution is -0.126. The van der Waals surface area contributed by atoms with Gasteiger partial charge >= 0.3 is 0 Å². The standard InChI is InChI=1S/C31H29ClFN5O2/c1-4-25(39)37-13-15-38(16-14-37)31-22-17-23(32)27(21-11-7-8-12-24(21)33)35-28(22)26(29(36-31)30(34)40)20-10-6-5-9-19(20)18(2)3/h4-12,17-18H,1,13-16H2,2-3H3,(H2,34,40). The van der Waals surface area contributed by atoms with Gasteiger partial charge in [0.25, 0.3) is 5.91 Å². The van der Waals surface area contributed by atoms with Gasteiger partial charge in [0.15, 0.2) is 0 Å². The number of carbonyl (C=O) groups is 2. The van der Waals surface area contributed by atoms with Crippen molar-refractivity contribution >= 4 is 40.1 Å². The first-order valence-corrected chi connectivity index (χ1v) is 13.4. The number of rotatable bonds is 6. The molecule has 0 saturated carbocycles. The van der Waals surface area contributed by atoms with Crippen LogP contribution in [0, 0.1) is 5.82 Å². The molecule has 3 heterocycles. The van der Waals surface area contributed by atoms with Crippen LogP contribution in [0.3, 0.4) is 0 Å². The highest BCUT2D eigenvalue weighted by Crippen LogP contribution is 2.42. The average Bonchev–Trinajstić information content (AvgIpc) is 2.96. The summed E-state index contributed by atoms with van der Waals surface area (Å²) in [6, 6.07) is 15.7. The third kappa shape index (κ3) is 4.91. The molecule has 1 aliphatic heterocycles. The van der Waals surface area contributed by atoms with Crippen LogP contribution in [0.1, 0.15) is 35.8 Å². The minimum atomic E-state index is -0.707. The van der Waals surface area contributed by atoms with Crippen LogP contribution in [0.2, 0.25) is 5.02 Å². The molecule has 2 aromatic carbocycles. The zero-order valence-electron chi connectivity index (χ0n) is 22.3. The van der Waals surface area contributed by atoms with Crippen molar-refractivity contribution in [2.75, 3.05) is 31.1 Å². The van der Waals surface area contributed by atoms with E-state index in [1.54, 1.807) is 29.2 Å². The number of nitrogens with zero attached hydrogens (tertiary/aromatic N) is 4. The van der Waals surface area contributed by atoms with E-state index in [0.29, 0.717) is 48.5 Å². The topological polar surface area (TPSA) is 92.4 Å². The van der Waals surface area contributed by atoms with Gasteiger partial charge in [-0.25, -0.2) is 14.4 Å². The number of fused-ring (bicyclic) bond motifs is 1. The van der Waals surface area contributed by atoms with E-state index < -0.39 is 11.7 Å². The molecule has 40 heavy (non-hydrogen) atoms. The molecule has 2 N–H and O–H groups in total. The summed E-state index contributed by atoms with van der Waals surface area (Å²) in [5, 5.41) is 0.850. The molecule has 2 amide bonds. The van der Waals surface area contributed by atoms with Gasteiger partial charge in [0.1, 0.15) is 17.3 Å². The first kappa shape index (κ1) is 27.3. The van der Waals surface area contributed by atoms with E-state index >= 15 is 0 Å². The van der Waals surface area contributed by atoms with E-state index in [0.717, 1.165) is 11.1 Å². The molecule has 1 fully saturated rings. The Kier molecular flexibility index (Phi) is 7.54. The molecule has 2 aromatic heterocycles. The normalized spacial score (nSPS) is 13.6. The number of piperazine rings is 1. The number of aromatic nitrogens is 2. The maximum Gasteiger partial charge on any atom is 0.268 e. The van der Waals surface area contributed by atoms with Gasteiger partial charge in [-0.15, -0.1) is 0 Å². The van der Waals surface area contributed by atoms with E-state index in [1.807, 2.05) is 29.2 Å². The number of hydrogen-bond acceptors (Lipinski definition) is 5. The van der Waals surface area contributed by atoms with Crippen molar-refractivity contribution in [3.8, 4) is 22.4 Å². The smallest absolute Gasteiger partial charge is 0.268 e. The monoisotopic (exact) mass is 557 g/mol. The van der Waals surface area contributed by atoms with E-state index in [-0.39, 0.29) is 33.8 Å². The fraction of sp³-hybridized carbons (Fsp3) is 0.226. The number of amides is 2. The maximum absolute atomic E-state index is 14.9. The van der Waals surface area contributed by atoms with Crippen molar-refractivity contribution in [3.63, 3.8) is 0 Å². The molecule has 5 rings (SSSR count). The third-order valence-electron chi connectivity index (χ3n) is 7.19. The summed E-state index contributed by atoms with van der Waals surface area (Å²) in [5.74, 6) is -0.709. The van der Waals surface area contributed by atoms with Gasteiger partial charge in [0.2, 0.25) is 5.91 Å². The van der Waals surface area contributed by atoms with Crippen molar-refractivity contribution < 1.29 is 14.0 Å². The Morgan fingerprint density at radius 1 is 1.02 bits per heavy atom. The summed E-state index contributed by atoms with van der Waals surface area (Å²) < 4.78 is 14.9. The Bertz CT molecular complexity index is 1650. The number of benzene rings is 2. The molecule has 0 bridgehead atoms. The van der Waals surface area contributed by atoms with Crippen LogP contribution in [0.5, 0.6) is 0 Å². The lowest BCUT2D eigenvalue weighted by Crippen LogP contribution is -2.48. The number of pyridine rings is 2. The molecular weight excluding hydrogens is 529 g/mol. The molecule has 1 saturated heterocycles. The number of hydrogen-bond donors (Lipinski definition) is 1. The average molecular weight is 558 g/mol. The van der Waals surface area contributed by atoms with Crippen LogP contribution >= 0.6 is 11.6 Å². The maximum atomic E-state index is 14.9. The van der Waals surface area contributed by atoms with E-state index in [2.05, 4.69) is 20.4 Å². The van der Waals surface area contributed by atoms with Crippen LogP contribution in [0.4, 0.5) is 10.2 Å². The summed E-state index contributed by atoms with van der Waals surface area (Å²) in [5.41, 5.74) is 9.19. The molecule has 4 aromatic rings. The van der Waals surface area contributed by atoms with Gasteiger partial charge in [-0.3, -0.25) is 9.59 Å². The Morgan fingerprint density at radius 3 is 2.30 bits per heavy atom. The van der Waals surface area contributed by atoms with E-state index in [1.165, 1.54) is 12.1 Å². The molecule has 0 atom stereocenters. The first-order valence-electron chi connectivity index (χ1n) is 13.1. The second kappa shape index (κ2) is 11.1. The molecule has 7 nitrogen and oxygen atoms in total. The Labute approximate surface area is 237 Å². The molecule has 0 spiro atoms. The highest BCUT2D eigenvalue weighted by atomic mass is 35.5. The molecule has 9 heteroatoms. The van der Waals surface area contributed by atoms with Crippen LogP contribution < -0.4 is 10.6 Å². The van der Waals surface area contributed by atoms with Crippen molar-refractivity contribution in [2.45, 2.75) is 19.8 Å². The van der Waals surface area contributed by atoms with Gasteiger partial charge in [-0.05, 0) is 41.3 Å². The lowest BCUT2D eigenvalue weighted by atomic mass is 9.90. The summed E-state index contributed by atoms with van der Waals surface area (Å²) in [7, 11) is 0. The zero-order valence-corrected chi connectivity index (χ0v) is 23.1. The minimum Gasteiger partial charge on any atom is -0.364 e. The third-order valence-corrected chi connectivity index (χ3v) is 7.48. The SMILES string of the molecule is C=CC(=O)N1CCN(c2nc(C(N)=O)c(-c3ccccc3C(C)C)c3nc(-c4ccccc4F)c(Cl)cc23)CC1. The number of carbonyl (C=O) groups excluding carboxylic acids is 2. The second-order valence-electron chi connectivity index (χ2n) is 9.98. The van der Waals surface area contributed by atoms with Gasteiger partial charge in [-0.1, -0.05) is 68.4 Å². The largest absolute Gasteiger partial charge is 0.364 e. The van der Waals surface area contributed by atoms with Crippen molar-refractivity contribution in [2.24, 2.45) is 5.73 Å². The van der Waals surface area contributed by atoms with Crippen LogP contribution in [0.15, 0.2) is 67.3 Å². The van der Waals surface area contributed by atoms with Crippen molar-refractivity contribution in [1.29, 1.82) is 0 Å². The first-order chi connectivity index (χ1) is 19.2. The number of anilines is 1. The van der Waals surface area contributed by atoms with E-state index in [4.69, 9.17) is 27.3 Å². The molecule has 1 aliphatic rings. The number of primary amides is 1. The van der Waals surface area contributed by atoms with Gasteiger partial charge in [0, 0.05) is 42.7 Å². The van der Waals surface area contributed by atoms with Gasteiger partial charge in [-0.2, -0.15) is 0 Å². The Hall–Kier alpha value is -4.30. The molecule has 0 aliphatic carbocycles. The molecular formula is C31H29ClFN5O2. The number of halogens is 2. The summed E-state index contributed by atoms with van der Waals surface area (Å²) in [6.45, 7) is 9.53. The Morgan fingerprint density at radius 2 is 1.68 bits per heavy atom. The van der Waals surface area contributed by atoms with Crippen molar-refractivity contribution in [3.05, 3.63) is 89.3 Å². The van der Waals surface area contributed by atoms with Crippen LogP contribution in [-0.4, -0.2) is 52.9 Å². The van der Waals surface area contributed by atoms with Gasteiger partial charge in [0.05, 0.1) is 16.2 Å².